The molecule has 1 aromatic carbocycles. The number of rotatable bonds is 3. The molecule has 1 amide bonds. The zero-order valence-electron chi connectivity index (χ0n) is 11.3. The number of hydrogen-bond donors (Lipinski definition) is 0. The van der Waals surface area contributed by atoms with Crippen molar-refractivity contribution in [2.75, 3.05) is 13.7 Å². The molecule has 1 aromatic rings. The van der Waals surface area contributed by atoms with E-state index in [2.05, 4.69) is 37.9 Å². The smallest absolute Gasteiger partial charge is 0.236 e. The molecular formula is C14H11Br2N2O2Y-. The molecule has 0 bridgehead atoms. The predicted molar refractivity (Wildman–Crippen MR) is 82.0 cm³/mol. The molecule has 0 N–H and O–H groups in total. The van der Waals surface area contributed by atoms with Crippen LogP contribution in [-0.4, -0.2) is 29.3 Å². The second-order valence-corrected chi connectivity index (χ2v) is 6.14. The van der Waals surface area contributed by atoms with Crippen molar-refractivity contribution in [1.29, 1.82) is 5.26 Å². The number of benzene rings is 1. The van der Waals surface area contributed by atoms with Gasteiger partial charge in [0.2, 0.25) is 5.91 Å². The molecule has 21 heavy (non-hydrogen) atoms. The molecule has 1 heterocycles. The number of ether oxygens (including phenoxy) is 1. The summed E-state index contributed by atoms with van der Waals surface area (Å²) in [5.41, 5.74) is 1.61. The van der Waals surface area contributed by atoms with E-state index in [1.54, 1.807) is 24.1 Å². The molecule has 0 saturated carbocycles. The maximum Gasteiger partial charge on any atom is 0.236 e. The molecule has 7 heteroatoms. The molecular weight excluding hydrogens is 477 g/mol. The van der Waals surface area contributed by atoms with Crippen LogP contribution in [0.1, 0.15) is 12.0 Å². The Morgan fingerprint density at radius 1 is 1.57 bits per heavy atom. The van der Waals surface area contributed by atoms with Crippen LogP contribution in [0.2, 0.25) is 0 Å². The van der Waals surface area contributed by atoms with E-state index < -0.39 is 0 Å². The summed E-state index contributed by atoms with van der Waals surface area (Å²) in [6.45, 7) is 0.00423. The Hall–Kier alpha value is -0.216. The van der Waals surface area contributed by atoms with Crippen LogP contribution in [-0.2, 0) is 37.5 Å². The summed E-state index contributed by atoms with van der Waals surface area (Å²) < 4.78 is 6.03. The van der Waals surface area contributed by atoms with Gasteiger partial charge in [-0.1, -0.05) is 42.8 Å². The quantitative estimate of drug-likeness (QED) is 0.486. The summed E-state index contributed by atoms with van der Waals surface area (Å²) in [6.07, 6.45) is 3.76. The third-order valence-corrected chi connectivity index (χ3v) is 4.25. The van der Waals surface area contributed by atoms with Crippen LogP contribution in [0.25, 0.3) is 5.70 Å². The van der Waals surface area contributed by atoms with Gasteiger partial charge in [0.05, 0.1) is 4.83 Å². The van der Waals surface area contributed by atoms with Gasteiger partial charge in [-0.15, -0.1) is 17.3 Å². The van der Waals surface area contributed by atoms with Gasteiger partial charge in [-0.3, -0.25) is 4.79 Å². The summed E-state index contributed by atoms with van der Waals surface area (Å²) in [5, 5.41) is 8.49. The molecule has 2 rings (SSSR count). The number of carbonyl (C=O) groups is 1. The number of amides is 1. The van der Waals surface area contributed by atoms with Crippen molar-refractivity contribution in [3.8, 4) is 11.8 Å². The minimum absolute atomic E-state index is 0. The SMILES string of the molecule is CN1C(=O)C(Br)C[C-]=C1c1ccc(OCC#N)cc1Br.[Y]. The standard InChI is InChI=1S/C14H11Br2N2O2.Y/c1-18-13(5-4-11(15)14(18)19)10-3-2-9(8-12(10)16)20-7-6-17;/h2-3,8,11H,4,7H2,1H3;/q-1;. The largest absolute Gasteiger partial charge is 0.479 e. The third-order valence-electron chi connectivity index (χ3n) is 2.88. The van der Waals surface area contributed by atoms with Crippen molar-refractivity contribution >= 4 is 43.5 Å². The maximum atomic E-state index is 12.0. The Kier molecular flexibility index (Phi) is 7.56. The molecule has 1 aliphatic rings. The summed E-state index contributed by atoms with van der Waals surface area (Å²) >= 11 is 6.79. The van der Waals surface area contributed by atoms with Gasteiger partial charge in [-0.25, -0.2) is 6.08 Å². The van der Waals surface area contributed by atoms with Gasteiger partial charge in [0.1, 0.15) is 11.8 Å². The average molecular weight is 488 g/mol. The Morgan fingerprint density at radius 3 is 2.90 bits per heavy atom. The number of halogens is 2. The maximum absolute atomic E-state index is 12.0. The van der Waals surface area contributed by atoms with Crippen molar-refractivity contribution in [2.45, 2.75) is 11.2 Å². The van der Waals surface area contributed by atoms with Gasteiger partial charge in [0.25, 0.3) is 0 Å². The first kappa shape index (κ1) is 18.8. The van der Waals surface area contributed by atoms with E-state index in [0.717, 1.165) is 15.7 Å². The third kappa shape index (κ3) is 4.38. The van der Waals surface area contributed by atoms with E-state index in [1.807, 2.05) is 12.1 Å². The van der Waals surface area contributed by atoms with Gasteiger partial charge >= 0.3 is 0 Å². The molecule has 1 atom stereocenters. The topological polar surface area (TPSA) is 53.3 Å². The Morgan fingerprint density at radius 2 is 2.29 bits per heavy atom. The second-order valence-electron chi connectivity index (χ2n) is 4.18. The molecule has 1 aliphatic heterocycles. The van der Waals surface area contributed by atoms with Crippen LogP contribution in [0.4, 0.5) is 0 Å². The summed E-state index contributed by atoms with van der Waals surface area (Å²) in [7, 11) is 1.73. The van der Waals surface area contributed by atoms with Crippen molar-refractivity contribution in [2.24, 2.45) is 0 Å². The number of nitriles is 1. The zero-order chi connectivity index (χ0) is 14.7. The summed E-state index contributed by atoms with van der Waals surface area (Å²) in [4.78, 5) is 13.3. The fourth-order valence-electron chi connectivity index (χ4n) is 1.88. The molecule has 107 valence electrons. The summed E-state index contributed by atoms with van der Waals surface area (Å²) in [5.74, 6) is 0.612. The molecule has 0 spiro atoms. The average Bonchev–Trinajstić information content (AvgIpc) is 2.44. The number of nitrogens with zero attached hydrogens (tertiary/aromatic N) is 2. The first-order chi connectivity index (χ1) is 9.54. The Labute approximate surface area is 165 Å². The minimum atomic E-state index is -0.215. The minimum Gasteiger partial charge on any atom is -0.479 e. The van der Waals surface area contributed by atoms with Crippen LogP contribution in [0, 0.1) is 17.4 Å². The van der Waals surface area contributed by atoms with Crippen LogP contribution in [0.3, 0.4) is 0 Å². The van der Waals surface area contributed by atoms with Crippen molar-refractivity contribution in [1.82, 2.24) is 4.90 Å². The second kappa shape index (κ2) is 8.43. The first-order valence-corrected chi connectivity index (χ1v) is 7.57. The van der Waals surface area contributed by atoms with E-state index >= 15 is 0 Å². The zero-order valence-corrected chi connectivity index (χ0v) is 17.3. The van der Waals surface area contributed by atoms with Gasteiger partial charge in [-0.05, 0) is 12.1 Å². The number of hydrogen-bond acceptors (Lipinski definition) is 3. The predicted octanol–water partition coefficient (Wildman–Crippen LogP) is 3.12. The molecule has 1 unspecified atom stereocenters. The fourth-order valence-corrected chi connectivity index (χ4v) is 2.90. The molecule has 4 nitrogen and oxygen atoms in total. The Balaban J connectivity index is 0.00000220. The van der Waals surface area contributed by atoms with Gasteiger partial charge in [0, 0.05) is 39.8 Å². The van der Waals surface area contributed by atoms with E-state index in [-0.39, 0.29) is 50.1 Å². The van der Waals surface area contributed by atoms with Crippen LogP contribution < -0.4 is 4.74 Å². The normalized spacial score (nSPS) is 17.6. The van der Waals surface area contributed by atoms with E-state index in [1.165, 1.54) is 0 Å². The fraction of sp³-hybridized carbons (Fsp3) is 0.286. The van der Waals surface area contributed by atoms with E-state index in [9.17, 15) is 4.79 Å². The number of allylic oxidation sites excluding steroid dienone is 1. The summed E-state index contributed by atoms with van der Waals surface area (Å²) in [6, 6.07) is 7.31. The molecule has 0 fully saturated rings. The van der Waals surface area contributed by atoms with E-state index in [0.29, 0.717) is 12.2 Å². The van der Waals surface area contributed by atoms with E-state index in [4.69, 9.17) is 10.00 Å². The number of carbonyl (C=O) groups excluding carboxylic acids is 1. The van der Waals surface area contributed by atoms with Gasteiger partial charge < -0.3 is 9.64 Å². The Bertz CT molecular complexity index is 613. The van der Waals surface area contributed by atoms with Crippen molar-refractivity contribution in [3.63, 3.8) is 0 Å². The van der Waals surface area contributed by atoms with Crippen molar-refractivity contribution < 1.29 is 42.2 Å². The van der Waals surface area contributed by atoms with Crippen LogP contribution >= 0.6 is 31.9 Å². The van der Waals surface area contributed by atoms with Gasteiger partial charge in [-0.2, -0.15) is 5.26 Å². The molecule has 1 radical (unpaired) electrons. The van der Waals surface area contributed by atoms with Crippen LogP contribution in [0.5, 0.6) is 5.75 Å². The molecule has 0 saturated heterocycles. The molecule has 0 aliphatic carbocycles. The number of alkyl halides is 1. The van der Waals surface area contributed by atoms with Gasteiger partial charge in [0.15, 0.2) is 6.61 Å². The first-order valence-electron chi connectivity index (χ1n) is 5.86. The van der Waals surface area contributed by atoms with Crippen molar-refractivity contribution in [3.05, 3.63) is 34.3 Å². The monoisotopic (exact) mass is 486 g/mol. The molecule has 0 aromatic heterocycles. The van der Waals surface area contributed by atoms with Crippen LogP contribution in [0.15, 0.2) is 22.7 Å².